The second kappa shape index (κ2) is 9.64. The molecule has 1 fully saturated rings. The zero-order chi connectivity index (χ0) is 24.3. The maximum atomic E-state index is 13.3. The molecule has 3 heterocycles. The standard InChI is InChI=1S/C29H26N6O/c36-29(33-25-11-4-5-12-27(25)34-17-14-30-15-18-34)26-13-16-35-28(32-26)24(20-31-35)23-10-6-9-22(19-23)21-7-2-1-3-8-21/h1-13,16,19-20,30H,14-15,17-18H2,(H,33,36). The Morgan fingerprint density at radius 2 is 1.58 bits per heavy atom. The number of rotatable bonds is 5. The zero-order valence-corrected chi connectivity index (χ0v) is 19.8. The summed E-state index contributed by atoms with van der Waals surface area (Å²) >= 11 is 0. The third-order valence-electron chi connectivity index (χ3n) is 6.49. The van der Waals surface area contributed by atoms with Crippen LogP contribution in [-0.2, 0) is 0 Å². The first-order chi connectivity index (χ1) is 17.8. The Kier molecular flexibility index (Phi) is 5.89. The summed E-state index contributed by atoms with van der Waals surface area (Å²) in [5, 5.41) is 10.9. The van der Waals surface area contributed by atoms with Gasteiger partial charge in [-0.05, 0) is 41.0 Å². The molecule has 0 spiro atoms. The van der Waals surface area contributed by atoms with Gasteiger partial charge in [-0.15, -0.1) is 0 Å². The number of hydrogen-bond donors (Lipinski definition) is 2. The van der Waals surface area contributed by atoms with Crippen LogP contribution in [0.4, 0.5) is 11.4 Å². The average molecular weight is 475 g/mol. The number of nitrogens with one attached hydrogen (secondary N) is 2. The molecule has 36 heavy (non-hydrogen) atoms. The number of carbonyl (C=O) groups excluding carboxylic acids is 1. The first kappa shape index (κ1) is 22.0. The number of benzene rings is 3. The lowest BCUT2D eigenvalue weighted by Gasteiger charge is -2.31. The number of anilines is 2. The summed E-state index contributed by atoms with van der Waals surface area (Å²) in [6.45, 7) is 3.66. The quantitative estimate of drug-likeness (QED) is 0.385. The number of amides is 1. The molecule has 5 aromatic rings. The smallest absolute Gasteiger partial charge is 0.274 e. The Morgan fingerprint density at radius 1 is 0.833 bits per heavy atom. The monoisotopic (exact) mass is 474 g/mol. The maximum absolute atomic E-state index is 13.3. The van der Waals surface area contributed by atoms with Gasteiger partial charge in [-0.2, -0.15) is 5.10 Å². The molecule has 1 aliphatic rings. The average Bonchev–Trinajstić information content (AvgIpc) is 3.38. The third kappa shape index (κ3) is 4.32. The summed E-state index contributed by atoms with van der Waals surface area (Å²) in [7, 11) is 0. The Labute approximate surface area is 209 Å². The molecule has 1 aliphatic heterocycles. The first-order valence-electron chi connectivity index (χ1n) is 12.1. The van der Waals surface area contributed by atoms with Crippen molar-refractivity contribution in [2.45, 2.75) is 0 Å². The minimum Gasteiger partial charge on any atom is -0.367 e. The molecule has 1 amide bonds. The van der Waals surface area contributed by atoms with E-state index in [4.69, 9.17) is 4.98 Å². The van der Waals surface area contributed by atoms with Crippen LogP contribution in [-0.4, -0.2) is 46.7 Å². The topological polar surface area (TPSA) is 74.6 Å². The Bertz CT molecular complexity index is 1520. The molecule has 7 nitrogen and oxygen atoms in total. The predicted molar refractivity (Wildman–Crippen MR) is 143 cm³/mol. The van der Waals surface area contributed by atoms with Gasteiger partial charge in [0.1, 0.15) is 5.69 Å². The fraction of sp³-hybridized carbons (Fsp3) is 0.138. The van der Waals surface area contributed by atoms with Crippen LogP contribution in [0.3, 0.4) is 0 Å². The summed E-state index contributed by atoms with van der Waals surface area (Å²) in [6.07, 6.45) is 3.58. The van der Waals surface area contributed by atoms with E-state index in [1.807, 2.05) is 54.6 Å². The minimum absolute atomic E-state index is 0.245. The minimum atomic E-state index is -0.245. The van der Waals surface area contributed by atoms with E-state index in [0.717, 1.165) is 59.8 Å². The highest BCUT2D eigenvalue weighted by Crippen LogP contribution is 2.29. The number of piperazine rings is 1. The molecule has 0 aliphatic carbocycles. The molecule has 0 atom stereocenters. The molecule has 0 radical (unpaired) electrons. The summed E-state index contributed by atoms with van der Waals surface area (Å²) < 4.78 is 1.70. The number of hydrogen-bond acceptors (Lipinski definition) is 5. The van der Waals surface area contributed by atoms with Crippen molar-refractivity contribution in [3.63, 3.8) is 0 Å². The van der Waals surface area contributed by atoms with Gasteiger partial charge < -0.3 is 15.5 Å². The van der Waals surface area contributed by atoms with Gasteiger partial charge >= 0.3 is 0 Å². The summed E-state index contributed by atoms with van der Waals surface area (Å²) in [5.74, 6) is -0.245. The third-order valence-corrected chi connectivity index (χ3v) is 6.49. The van der Waals surface area contributed by atoms with Crippen molar-refractivity contribution >= 4 is 22.9 Å². The molecule has 2 aromatic heterocycles. The molecule has 7 heteroatoms. The van der Waals surface area contributed by atoms with E-state index >= 15 is 0 Å². The number of para-hydroxylation sites is 2. The molecule has 2 N–H and O–H groups in total. The molecule has 3 aromatic carbocycles. The largest absolute Gasteiger partial charge is 0.367 e. The zero-order valence-electron chi connectivity index (χ0n) is 19.8. The molecule has 1 saturated heterocycles. The fourth-order valence-electron chi connectivity index (χ4n) is 4.64. The van der Waals surface area contributed by atoms with Crippen molar-refractivity contribution in [1.29, 1.82) is 0 Å². The Hall–Kier alpha value is -4.49. The van der Waals surface area contributed by atoms with Crippen LogP contribution in [0.25, 0.3) is 27.9 Å². The molecule has 6 rings (SSSR count). The number of carbonyl (C=O) groups is 1. The van der Waals surface area contributed by atoms with Crippen LogP contribution in [0.5, 0.6) is 0 Å². The Morgan fingerprint density at radius 3 is 2.44 bits per heavy atom. The summed E-state index contributed by atoms with van der Waals surface area (Å²) in [5.41, 5.74) is 6.94. The van der Waals surface area contributed by atoms with Crippen molar-refractivity contribution in [1.82, 2.24) is 19.9 Å². The van der Waals surface area contributed by atoms with Crippen molar-refractivity contribution in [3.8, 4) is 22.3 Å². The van der Waals surface area contributed by atoms with Crippen LogP contribution in [0.15, 0.2) is 97.3 Å². The predicted octanol–water partition coefficient (Wildman–Crippen LogP) is 4.73. The molecular weight excluding hydrogens is 448 g/mol. The summed E-state index contributed by atoms with van der Waals surface area (Å²) in [6, 6.07) is 28.2. The highest BCUT2D eigenvalue weighted by molar-refractivity contribution is 6.05. The van der Waals surface area contributed by atoms with E-state index in [1.165, 1.54) is 0 Å². The van der Waals surface area contributed by atoms with E-state index in [0.29, 0.717) is 11.3 Å². The van der Waals surface area contributed by atoms with Gasteiger partial charge in [0.15, 0.2) is 5.65 Å². The van der Waals surface area contributed by atoms with Gasteiger partial charge in [-0.3, -0.25) is 4.79 Å². The lowest BCUT2D eigenvalue weighted by molar-refractivity contribution is 0.102. The molecule has 0 bridgehead atoms. The van der Waals surface area contributed by atoms with Crippen molar-refractivity contribution < 1.29 is 4.79 Å². The first-order valence-corrected chi connectivity index (χ1v) is 12.1. The van der Waals surface area contributed by atoms with E-state index in [-0.39, 0.29) is 5.91 Å². The lowest BCUT2D eigenvalue weighted by Crippen LogP contribution is -2.43. The van der Waals surface area contributed by atoms with E-state index in [9.17, 15) is 4.79 Å². The van der Waals surface area contributed by atoms with Gasteiger partial charge in [0.2, 0.25) is 0 Å². The van der Waals surface area contributed by atoms with Crippen LogP contribution in [0.2, 0.25) is 0 Å². The fourth-order valence-corrected chi connectivity index (χ4v) is 4.64. The van der Waals surface area contributed by atoms with Crippen LogP contribution in [0.1, 0.15) is 10.5 Å². The van der Waals surface area contributed by atoms with Crippen LogP contribution < -0.4 is 15.5 Å². The highest BCUT2D eigenvalue weighted by Gasteiger charge is 2.18. The normalized spacial score (nSPS) is 13.6. The van der Waals surface area contributed by atoms with Gasteiger partial charge in [-0.1, -0.05) is 60.7 Å². The van der Waals surface area contributed by atoms with Crippen molar-refractivity contribution in [2.24, 2.45) is 0 Å². The van der Waals surface area contributed by atoms with Crippen LogP contribution >= 0.6 is 0 Å². The van der Waals surface area contributed by atoms with E-state index in [2.05, 4.69) is 44.9 Å². The second-order valence-electron chi connectivity index (χ2n) is 8.79. The van der Waals surface area contributed by atoms with E-state index in [1.54, 1.807) is 23.0 Å². The van der Waals surface area contributed by atoms with Crippen LogP contribution in [0, 0.1) is 0 Å². The van der Waals surface area contributed by atoms with Gasteiger partial charge in [0, 0.05) is 37.9 Å². The summed E-state index contributed by atoms with van der Waals surface area (Å²) in [4.78, 5) is 20.3. The highest BCUT2D eigenvalue weighted by atomic mass is 16.1. The molecule has 178 valence electrons. The molecule has 0 unspecified atom stereocenters. The van der Waals surface area contributed by atoms with Gasteiger partial charge in [0.25, 0.3) is 5.91 Å². The maximum Gasteiger partial charge on any atom is 0.274 e. The number of nitrogens with zero attached hydrogens (tertiary/aromatic N) is 4. The SMILES string of the molecule is O=C(Nc1ccccc1N1CCNCC1)c1ccn2ncc(-c3cccc(-c4ccccc4)c3)c2n1. The van der Waals surface area contributed by atoms with Gasteiger partial charge in [-0.25, -0.2) is 9.50 Å². The number of aromatic nitrogens is 3. The Balaban J connectivity index is 1.31. The van der Waals surface area contributed by atoms with Crippen molar-refractivity contribution in [3.05, 3.63) is 103 Å². The molecular formula is C29H26N6O. The van der Waals surface area contributed by atoms with E-state index < -0.39 is 0 Å². The van der Waals surface area contributed by atoms with Crippen molar-refractivity contribution in [2.75, 3.05) is 36.4 Å². The molecule has 0 saturated carbocycles. The van der Waals surface area contributed by atoms with Gasteiger partial charge in [0.05, 0.1) is 17.6 Å². The lowest BCUT2D eigenvalue weighted by atomic mass is 10.0. The number of fused-ring (bicyclic) bond motifs is 1. The second-order valence-corrected chi connectivity index (χ2v) is 8.79.